The quantitative estimate of drug-likeness (QED) is 0.814. The van der Waals surface area contributed by atoms with Gasteiger partial charge in [0, 0.05) is 12.0 Å². The van der Waals surface area contributed by atoms with Gasteiger partial charge in [-0.1, -0.05) is 19.8 Å². The number of amides is 1. The molecule has 3 rings (SSSR count). The number of anilines is 1. The van der Waals surface area contributed by atoms with E-state index in [9.17, 15) is 9.18 Å². The van der Waals surface area contributed by atoms with Gasteiger partial charge in [-0.15, -0.1) is 5.10 Å². The van der Waals surface area contributed by atoms with E-state index in [1.807, 2.05) is 6.92 Å². The van der Waals surface area contributed by atoms with E-state index in [1.54, 1.807) is 12.1 Å². The Labute approximate surface area is 139 Å². The van der Waals surface area contributed by atoms with Gasteiger partial charge >= 0.3 is 0 Å². The molecule has 6 nitrogen and oxygen atoms in total. The van der Waals surface area contributed by atoms with Crippen LogP contribution < -0.4 is 10.1 Å². The molecule has 1 fully saturated rings. The molecule has 128 valence electrons. The summed E-state index contributed by atoms with van der Waals surface area (Å²) in [5.74, 6) is 0.963. The molecule has 0 bridgehead atoms. The topological polar surface area (TPSA) is 79.9 Å². The molecule has 0 saturated heterocycles. The molecular formula is C17H21FN4O2. The molecule has 1 amide bonds. The van der Waals surface area contributed by atoms with Crippen LogP contribution in [0.25, 0.3) is 11.4 Å². The minimum absolute atomic E-state index is 0.0923. The van der Waals surface area contributed by atoms with Crippen molar-refractivity contribution in [2.75, 3.05) is 12.4 Å². The number of aromatic nitrogens is 3. The predicted octanol–water partition coefficient (Wildman–Crippen LogP) is 3.38. The molecule has 0 spiro atoms. The van der Waals surface area contributed by atoms with Crippen LogP contribution in [0.4, 0.5) is 10.3 Å². The van der Waals surface area contributed by atoms with Crippen molar-refractivity contribution >= 4 is 11.9 Å². The Kier molecular flexibility index (Phi) is 4.78. The fraction of sp³-hybridized carbons (Fsp3) is 0.471. The summed E-state index contributed by atoms with van der Waals surface area (Å²) in [5, 5.41) is 9.27. The fourth-order valence-corrected chi connectivity index (χ4v) is 2.51. The highest BCUT2D eigenvalue weighted by Gasteiger charge is 2.24. The number of carbonyl (C=O) groups excluding carboxylic acids is 1. The third-order valence-electron chi connectivity index (χ3n) is 4.30. The summed E-state index contributed by atoms with van der Waals surface area (Å²) in [6.45, 7) is 1.90. The maximum absolute atomic E-state index is 14.0. The van der Waals surface area contributed by atoms with Gasteiger partial charge in [0.15, 0.2) is 5.82 Å². The number of nitrogens with zero attached hydrogens (tertiary/aromatic N) is 2. The number of carbonyl (C=O) groups is 1. The Bertz CT molecular complexity index is 727. The molecule has 1 heterocycles. The average Bonchev–Trinajstić information content (AvgIpc) is 3.30. The first kappa shape index (κ1) is 16.4. The van der Waals surface area contributed by atoms with Crippen LogP contribution in [0.2, 0.25) is 0 Å². The van der Waals surface area contributed by atoms with E-state index in [0.29, 0.717) is 5.75 Å². The van der Waals surface area contributed by atoms with Crippen LogP contribution in [0.15, 0.2) is 18.2 Å². The minimum Gasteiger partial charge on any atom is -0.497 e. The lowest BCUT2D eigenvalue weighted by Gasteiger charge is -2.09. The smallest absolute Gasteiger partial charge is 0.249 e. The standard InChI is InChI=1S/C17H21FN4O2/c1-10(3-4-11-5-6-11)16(23)20-17-19-15(21-22-17)13-8-7-12(24-2)9-14(13)18/h7-11H,3-6H2,1-2H3,(H2,19,20,21,22,23). The molecule has 7 heteroatoms. The maximum Gasteiger partial charge on any atom is 0.249 e. The first-order valence-corrected chi connectivity index (χ1v) is 8.14. The normalized spacial score (nSPS) is 15.1. The lowest BCUT2D eigenvalue weighted by atomic mass is 10.0. The van der Waals surface area contributed by atoms with Gasteiger partial charge in [0.05, 0.1) is 12.7 Å². The number of rotatable bonds is 7. The number of hydrogen-bond acceptors (Lipinski definition) is 4. The third-order valence-corrected chi connectivity index (χ3v) is 4.30. The molecule has 1 aliphatic rings. The fourth-order valence-electron chi connectivity index (χ4n) is 2.51. The van der Waals surface area contributed by atoms with Crippen LogP contribution in [0.1, 0.15) is 32.6 Å². The number of benzene rings is 1. The molecule has 2 N–H and O–H groups in total. The molecule has 2 aromatic rings. The van der Waals surface area contributed by atoms with Crippen molar-refractivity contribution in [3.8, 4) is 17.1 Å². The number of aromatic amines is 1. The average molecular weight is 332 g/mol. The lowest BCUT2D eigenvalue weighted by molar-refractivity contribution is -0.119. The summed E-state index contributed by atoms with van der Waals surface area (Å²) in [6, 6.07) is 4.47. The summed E-state index contributed by atoms with van der Waals surface area (Å²) in [4.78, 5) is 16.3. The van der Waals surface area contributed by atoms with E-state index in [4.69, 9.17) is 4.74 Å². The molecule has 1 saturated carbocycles. The Morgan fingerprint density at radius 2 is 2.29 bits per heavy atom. The zero-order valence-corrected chi connectivity index (χ0v) is 13.8. The summed E-state index contributed by atoms with van der Waals surface area (Å²) in [6.07, 6.45) is 4.52. The molecule has 1 atom stereocenters. The Morgan fingerprint density at radius 3 is 2.96 bits per heavy atom. The van der Waals surface area contributed by atoms with Crippen LogP contribution >= 0.6 is 0 Å². The van der Waals surface area contributed by atoms with Gasteiger partial charge in [-0.2, -0.15) is 4.98 Å². The number of hydrogen-bond donors (Lipinski definition) is 2. The van der Waals surface area contributed by atoms with E-state index >= 15 is 0 Å². The molecular weight excluding hydrogens is 311 g/mol. The second-order valence-corrected chi connectivity index (χ2v) is 6.26. The summed E-state index contributed by atoms with van der Waals surface area (Å²) in [7, 11) is 1.47. The highest BCUT2D eigenvalue weighted by molar-refractivity contribution is 5.90. The Balaban J connectivity index is 1.63. The molecule has 0 aliphatic heterocycles. The second-order valence-electron chi connectivity index (χ2n) is 6.26. The van der Waals surface area contributed by atoms with Gasteiger partial charge in [0.2, 0.25) is 11.9 Å². The van der Waals surface area contributed by atoms with Crippen LogP contribution in [0, 0.1) is 17.7 Å². The van der Waals surface area contributed by atoms with Crippen molar-refractivity contribution in [1.29, 1.82) is 0 Å². The summed E-state index contributed by atoms with van der Waals surface area (Å²) in [5.41, 5.74) is 0.269. The first-order valence-electron chi connectivity index (χ1n) is 8.14. The molecule has 1 aromatic heterocycles. The van der Waals surface area contributed by atoms with E-state index in [2.05, 4.69) is 20.5 Å². The van der Waals surface area contributed by atoms with Crippen molar-refractivity contribution in [2.24, 2.45) is 11.8 Å². The molecule has 24 heavy (non-hydrogen) atoms. The highest BCUT2D eigenvalue weighted by atomic mass is 19.1. The Hall–Kier alpha value is -2.44. The minimum atomic E-state index is -0.471. The number of methoxy groups -OCH3 is 1. The number of ether oxygens (including phenoxy) is 1. The summed E-state index contributed by atoms with van der Waals surface area (Å²) < 4.78 is 19.0. The zero-order valence-electron chi connectivity index (χ0n) is 13.8. The van der Waals surface area contributed by atoms with Crippen LogP contribution in [-0.4, -0.2) is 28.2 Å². The largest absolute Gasteiger partial charge is 0.497 e. The number of halogens is 1. The maximum atomic E-state index is 14.0. The molecule has 1 unspecified atom stereocenters. The van der Waals surface area contributed by atoms with E-state index in [0.717, 1.165) is 18.8 Å². The third kappa shape index (κ3) is 3.90. The van der Waals surface area contributed by atoms with E-state index in [-0.39, 0.29) is 29.2 Å². The van der Waals surface area contributed by atoms with Crippen LogP contribution in [0.5, 0.6) is 5.75 Å². The van der Waals surface area contributed by atoms with Crippen molar-refractivity contribution in [1.82, 2.24) is 15.2 Å². The second kappa shape index (κ2) is 6.98. The van der Waals surface area contributed by atoms with Crippen LogP contribution in [0.3, 0.4) is 0 Å². The highest BCUT2D eigenvalue weighted by Crippen LogP contribution is 2.34. The monoisotopic (exact) mass is 332 g/mol. The van der Waals surface area contributed by atoms with Crippen molar-refractivity contribution in [3.05, 3.63) is 24.0 Å². The van der Waals surface area contributed by atoms with Gasteiger partial charge < -0.3 is 4.74 Å². The molecule has 1 aliphatic carbocycles. The zero-order chi connectivity index (χ0) is 17.1. The SMILES string of the molecule is COc1ccc(-c2nc(NC(=O)C(C)CCC3CC3)n[nH]2)c(F)c1. The number of H-pyrrole nitrogens is 1. The summed E-state index contributed by atoms with van der Waals surface area (Å²) >= 11 is 0. The van der Waals surface area contributed by atoms with E-state index in [1.165, 1.54) is 26.0 Å². The van der Waals surface area contributed by atoms with Crippen molar-refractivity contribution < 1.29 is 13.9 Å². The van der Waals surface area contributed by atoms with Crippen LogP contribution in [-0.2, 0) is 4.79 Å². The number of nitrogens with one attached hydrogen (secondary N) is 2. The lowest BCUT2D eigenvalue weighted by Crippen LogP contribution is -2.21. The van der Waals surface area contributed by atoms with Gasteiger partial charge in [-0.05, 0) is 30.9 Å². The molecule has 1 aromatic carbocycles. The molecule has 0 radical (unpaired) electrons. The first-order chi connectivity index (χ1) is 11.6. The van der Waals surface area contributed by atoms with Crippen molar-refractivity contribution in [2.45, 2.75) is 32.6 Å². The van der Waals surface area contributed by atoms with Gasteiger partial charge in [0.1, 0.15) is 11.6 Å². The van der Waals surface area contributed by atoms with Gasteiger partial charge in [-0.25, -0.2) is 4.39 Å². The van der Waals surface area contributed by atoms with Crippen molar-refractivity contribution in [3.63, 3.8) is 0 Å². The predicted molar refractivity (Wildman–Crippen MR) is 88.1 cm³/mol. The van der Waals surface area contributed by atoms with Gasteiger partial charge in [-0.3, -0.25) is 15.2 Å². The Morgan fingerprint density at radius 1 is 1.50 bits per heavy atom. The van der Waals surface area contributed by atoms with E-state index < -0.39 is 5.82 Å². The van der Waals surface area contributed by atoms with Gasteiger partial charge in [0.25, 0.3) is 0 Å².